The molecule has 3 rings (SSSR count). The summed E-state index contributed by atoms with van der Waals surface area (Å²) in [6.45, 7) is 5.83. The van der Waals surface area contributed by atoms with Crippen molar-refractivity contribution in [2.75, 3.05) is 25.0 Å². The molecular weight excluding hydrogens is 485 g/mol. The van der Waals surface area contributed by atoms with Crippen molar-refractivity contribution < 1.29 is 0 Å². The zero-order valence-electron chi connectivity index (χ0n) is 16.5. The molecular formula is C21H29ClIN5. The van der Waals surface area contributed by atoms with Crippen LogP contribution in [0.5, 0.6) is 0 Å². The number of halogens is 2. The quantitative estimate of drug-likeness (QED) is 0.352. The van der Waals surface area contributed by atoms with E-state index < -0.39 is 0 Å². The van der Waals surface area contributed by atoms with E-state index in [1.807, 2.05) is 30.5 Å². The first-order valence-corrected chi connectivity index (χ1v) is 9.91. The van der Waals surface area contributed by atoms with Gasteiger partial charge in [-0.3, -0.25) is 4.99 Å². The zero-order valence-corrected chi connectivity index (χ0v) is 19.6. The lowest BCUT2D eigenvalue weighted by molar-refractivity contribution is 0.436. The molecule has 0 bridgehead atoms. The number of pyridine rings is 1. The van der Waals surface area contributed by atoms with Gasteiger partial charge in [0.15, 0.2) is 5.96 Å². The van der Waals surface area contributed by atoms with Crippen LogP contribution < -0.4 is 15.5 Å². The molecule has 0 unspecified atom stereocenters. The van der Waals surface area contributed by atoms with Crippen LogP contribution in [-0.2, 0) is 13.1 Å². The predicted octanol–water partition coefficient (Wildman–Crippen LogP) is 4.45. The van der Waals surface area contributed by atoms with Crippen molar-refractivity contribution in [3.05, 3.63) is 58.7 Å². The van der Waals surface area contributed by atoms with Crippen molar-refractivity contribution in [3.63, 3.8) is 0 Å². The maximum atomic E-state index is 6.20. The number of hydrogen-bond acceptors (Lipinski definition) is 3. The largest absolute Gasteiger partial charge is 0.357 e. The van der Waals surface area contributed by atoms with Crippen molar-refractivity contribution >= 4 is 47.4 Å². The molecule has 1 fully saturated rings. The van der Waals surface area contributed by atoms with Gasteiger partial charge in [0.25, 0.3) is 0 Å². The van der Waals surface area contributed by atoms with Crippen LogP contribution >= 0.6 is 35.6 Å². The molecule has 0 aliphatic carbocycles. The molecule has 1 saturated heterocycles. The third-order valence-corrected chi connectivity index (χ3v) is 5.37. The average Bonchev–Trinajstić information content (AvgIpc) is 2.70. The van der Waals surface area contributed by atoms with Crippen LogP contribution in [0.1, 0.15) is 30.9 Å². The monoisotopic (exact) mass is 513 g/mol. The maximum Gasteiger partial charge on any atom is 0.191 e. The SMILES string of the molecule is CN=C(NCc1ccc(N2CCC(C)CC2)nc1)NCc1ccccc1Cl.I. The van der Waals surface area contributed by atoms with Crippen LogP contribution in [0.4, 0.5) is 5.82 Å². The summed E-state index contributed by atoms with van der Waals surface area (Å²) in [5.74, 6) is 2.64. The van der Waals surface area contributed by atoms with Gasteiger partial charge in [0.1, 0.15) is 5.82 Å². The molecule has 0 radical (unpaired) electrons. The second kappa shape index (κ2) is 11.5. The lowest BCUT2D eigenvalue weighted by atomic mass is 9.99. The van der Waals surface area contributed by atoms with Gasteiger partial charge in [0, 0.05) is 44.4 Å². The summed E-state index contributed by atoms with van der Waals surface area (Å²) in [6, 6.07) is 12.1. The molecule has 152 valence electrons. The van der Waals surface area contributed by atoms with Crippen molar-refractivity contribution in [1.29, 1.82) is 0 Å². The predicted molar refractivity (Wildman–Crippen MR) is 129 cm³/mol. The Kier molecular flexibility index (Phi) is 9.31. The van der Waals surface area contributed by atoms with Gasteiger partial charge in [-0.25, -0.2) is 4.98 Å². The molecule has 2 aromatic rings. The second-order valence-corrected chi connectivity index (χ2v) is 7.47. The first-order chi connectivity index (χ1) is 13.2. The van der Waals surface area contributed by atoms with Gasteiger partial charge in [0.05, 0.1) is 0 Å². The number of aliphatic imine (C=N–C) groups is 1. The number of aromatic nitrogens is 1. The molecule has 0 amide bonds. The van der Waals surface area contributed by atoms with Crippen LogP contribution in [0.2, 0.25) is 5.02 Å². The van der Waals surface area contributed by atoms with Crippen LogP contribution in [0.3, 0.4) is 0 Å². The summed E-state index contributed by atoms with van der Waals surface area (Å²) >= 11 is 6.20. The second-order valence-electron chi connectivity index (χ2n) is 7.06. The number of nitrogens with one attached hydrogen (secondary N) is 2. The van der Waals surface area contributed by atoms with E-state index in [1.54, 1.807) is 7.05 Å². The van der Waals surface area contributed by atoms with Gasteiger partial charge in [-0.2, -0.15) is 0 Å². The number of benzene rings is 1. The Hall–Kier alpha value is -1.54. The minimum atomic E-state index is 0. The zero-order chi connectivity index (χ0) is 19.1. The minimum absolute atomic E-state index is 0. The van der Waals surface area contributed by atoms with E-state index in [2.05, 4.69) is 44.6 Å². The number of rotatable bonds is 5. The third-order valence-electron chi connectivity index (χ3n) is 5.00. The summed E-state index contributed by atoms with van der Waals surface area (Å²) < 4.78 is 0. The molecule has 1 aliphatic rings. The summed E-state index contributed by atoms with van der Waals surface area (Å²) in [5, 5.41) is 7.37. The normalized spacial score (nSPS) is 15.1. The van der Waals surface area contributed by atoms with Crippen molar-refractivity contribution in [2.24, 2.45) is 10.9 Å². The van der Waals surface area contributed by atoms with E-state index in [9.17, 15) is 0 Å². The Morgan fingerprint density at radius 2 is 1.86 bits per heavy atom. The highest BCUT2D eigenvalue weighted by molar-refractivity contribution is 14.0. The molecule has 1 aromatic carbocycles. The average molecular weight is 514 g/mol. The van der Waals surface area contributed by atoms with Gasteiger partial charge in [-0.05, 0) is 42.0 Å². The van der Waals surface area contributed by atoms with E-state index in [0.29, 0.717) is 13.1 Å². The smallest absolute Gasteiger partial charge is 0.191 e. The van der Waals surface area contributed by atoms with E-state index in [1.165, 1.54) is 12.8 Å². The van der Waals surface area contributed by atoms with E-state index >= 15 is 0 Å². The van der Waals surface area contributed by atoms with Crippen LogP contribution in [0.25, 0.3) is 0 Å². The first kappa shape index (κ1) is 22.7. The molecule has 0 atom stereocenters. The highest BCUT2D eigenvalue weighted by Gasteiger charge is 2.16. The van der Waals surface area contributed by atoms with Gasteiger partial charge in [-0.1, -0.05) is 42.8 Å². The lowest BCUT2D eigenvalue weighted by Gasteiger charge is -2.31. The molecule has 1 aromatic heterocycles. The first-order valence-electron chi connectivity index (χ1n) is 9.53. The molecule has 5 nitrogen and oxygen atoms in total. The van der Waals surface area contributed by atoms with Crippen LogP contribution in [0, 0.1) is 5.92 Å². The molecule has 0 saturated carbocycles. The van der Waals surface area contributed by atoms with Gasteiger partial charge >= 0.3 is 0 Å². The van der Waals surface area contributed by atoms with Gasteiger partial charge in [-0.15, -0.1) is 24.0 Å². The number of hydrogen-bond donors (Lipinski definition) is 2. The minimum Gasteiger partial charge on any atom is -0.357 e. The topological polar surface area (TPSA) is 52.6 Å². The van der Waals surface area contributed by atoms with E-state index in [4.69, 9.17) is 11.6 Å². The molecule has 7 heteroatoms. The number of nitrogens with zero attached hydrogens (tertiary/aromatic N) is 3. The molecule has 2 heterocycles. The lowest BCUT2D eigenvalue weighted by Crippen LogP contribution is -2.36. The summed E-state index contributed by atoms with van der Waals surface area (Å²) in [5.41, 5.74) is 2.17. The Labute approximate surface area is 190 Å². The molecule has 2 N–H and O–H groups in total. The van der Waals surface area contributed by atoms with Crippen molar-refractivity contribution in [1.82, 2.24) is 15.6 Å². The Morgan fingerprint density at radius 3 is 2.50 bits per heavy atom. The molecule has 28 heavy (non-hydrogen) atoms. The summed E-state index contributed by atoms with van der Waals surface area (Å²) in [6.07, 6.45) is 4.44. The Balaban J connectivity index is 0.00000280. The Bertz CT molecular complexity index is 758. The number of guanidine groups is 1. The van der Waals surface area contributed by atoms with E-state index in [0.717, 1.165) is 46.9 Å². The summed E-state index contributed by atoms with van der Waals surface area (Å²) in [7, 11) is 1.76. The summed E-state index contributed by atoms with van der Waals surface area (Å²) in [4.78, 5) is 11.3. The van der Waals surface area contributed by atoms with E-state index in [-0.39, 0.29) is 24.0 Å². The highest BCUT2D eigenvalue weighted by Crippen LogP contribution is 2.21. The molecule has 0 spiro atoms. The fourth-order valence-corrected chi connectivity index (χ4v) is 3.38. The van der Waals surface area contributed by atoms with Gasteiger partial charge < -0.3 is 15.5 Å². The fraction of sp³-hybridized carbons (Fsp3) is 0.429. The maximum absolute atomic E-state index is 6.20. The van der Waals surface area contributed by atoms with Crippen molar-refractivity contribution in [2.45, 2.75) is 32.9 Å². The standard InChI is InChI=1S/C21H28ClN5.HI/c1-16-9-11-27(12-10-16)20-8-7-17(13-24-20)14-25-21(23-2)26-15-18-5-3-4-6-19(18)22;/h3-8,13,16H,9-12,14-15H2,1-2H3,(H2,23,25,26);1H. The fourth-order valence-electron chi connectivity index (χ4n) is 3.17. The highest BCUT2D eigenvalue weighted by atomic mass is 127. The Morgan fingerprint density at radius 1 is 1.14 bits per heavy atom. The van der Waals surface area contributed by atoms with Crippen molar-refractivity contribution in [3.8, 4) is 0 Å². The molecule has 1 aliphatic heterocycles. The van der Waals surface area contributed by atoms with Gasteiger partial charge in [0.2, 0.25) is 0 Å². The van der Waals surface area contributed by atoms with Crippen LogP contribution in [-0.4, -0.2) is 31.1 Å². The van der Waals surface area contributed by atoms with Crippen LogP contribution in [0.15, 0.2) is 47.6 Å². The number of piperidine rings is 1. The number of anilines is 1. The third kappa shape index (κ3) is 6.51.